The summed E-state index contributed by atoms with van der Waals surface area (Å²) in [5, 5.41) is 11.2. The van der Waals surface area contributed by atoms with E-state index in [0.717, 1.165) is 0 Å². The number of hydrogen-bond donors (Lipinski definition) is 1. The average molecular weight is 278 g/mol. The number of carbonyl (C=O) groups is 1. The number of benzene rings is 2. The quantitative estimate of drug-likeness (QED) is 0.923. The lowest BCUT2D eigenvalue weighted by atomic mass is 9.78. The van der Waals surface area contributed by atoms with Gasteiger partial charge in [0.2, 0.25) is 5.91 Å². The SMILES string of the molecule is CC(C)(c1ccccc1)c1ccc(NC(=O)CC#N)cc1. The number of nitriles is 1. The molecule has 0 aromatic heterocycles. The summed E-state index contributed by atoms with van der Waals surface area (Å²) < 4.78 is 0. The first kappa shape index (κ1) is 14.8. The second-order valence-corrected chi connectivity index (χ2v) is 5.45. The predicted molar refractivity (Wildman–Crippen MR) is 83.9 cm³/mol. The first-order chi connectivity index (χ1) is 10.0. The van der Waals surface area contributed by atoms with E-state index in [0.29, 0.717) is 5.69 Å². The maximum absolute atomic E-state index is 11.4. The molecule has 0 saturated carbocycles. The van der Waals surface area contributed by atoms with Crippen molar-refractivity contribution in [2.75, 3.05) is 5.32 Å². The second-order valence-electron chi connectivity index (χ2n) is 5.45. The summed E-state index contributed by atoms with van der Waals surface area (Å²) in [5.41, 5.74) is 3.03. The first-order valence-electron chi connectivity index (χ1n) is 6.87. The molecule has 0 saturated heterocycles. The molecule has 0 heterocycles. The summed E-state index contributed by atoms with van der Waals surface area (Å²) in [6, 6.07) is 19.9. The Morgan fingerprint density at radius 3 is 2.19 bits per heavy atom. The molecule has 0 radical (unpaired) electrons. The number of rotatable bonds is 4. The van der Waals surface area contributed by atoms with Crippen molar-refractivity contribution in [1.82, 2.24) is 0 Å². The van der Waals surface area contributed by atoms with Gasteiger partial charge in [-0.2, -0.15) is 5.26 Å². The number of anilines is 1. The number of hydrogen-bond acceptors (Lipinski definition) is 2. The molecule has 106 valence electrons. The normalized spacial score (nSPS) is 10.7. The van der Waals surface area contributed by atoms with E-state index >= 15 is 0 Å². The van der Waals surface area contributed by atoms with Crippen molar-refractivity contribution in [3.63, 3.8) is 0 Å². The topological polar surface area (TPSA) is 52.9 Å². The largest absolute Gasteiger partial charge is 0.325 e. The van der Waals surface area contributed by atoms with Crippen LogP contribution in [0.15, 0.2) is 54.6 Å². The third-order valence-electron chi connectivity index (χ3n) is 3.63. The van der Waals surface area contributed by atoms with Gasteiger partial charge in [-0.05, 0) is 23.3 Å². The second kappa shape index (κ2) is 6.23. The third-order valence-corrected chi connectivity index (χ3v) is 3.63. The molecule has 0 spiro atoms. The van der Waals surface area contributed by atoms with Gasteiger partial charge in [-0.3, -0.25) is 4.79 Å². The number of amides is 1. The van der Waals surface area contributed by atoms with Crippen LogP contribution in [0.5, 0.6) is 0 Å². The Morgan fingerprint density at radius 1 is 1.05 bits per heavy atom. The molecular formula is C18H18N2O. The van der Waals surface area contributed by atoms with Crippen molar-refractivity contribution in [3.8, 4) is 6.07 Å². The lowest BCUT2D eigenvalue weighted by molar-refractivity contribution is -0.115. The fourth-order valence-electron chi connectivity index (χ4n) is 2.27. The first-order valence-corrected chi connectivity index (χ1v) is 6.87. The molecule has 0 unspecified atom stereocenters. The highest BCUT2D eigenvalue weighted by Gasteiger charge is 2.22. The molecule has 0 atom stereocenters. The number of nitrogens with one attached hydrogen (secondary N) is 1. The van der Waals surface area contributed by atoms with Gasteiger partial charge in [0.15, 0.2) is 0 Å². The summed E-state index contributed by atoms with van der Waals surface area (Å²) in [6.45, 7) is 4.34. The van der Waals surface area contributed by atoms with Crippen LogP contribution in [-0.4, -0.2) is 5.91 Å². The van der Waals surface area contributed by atoms with Crippen molar-refractivity contribution in [3.05, 3.63) is 65.7 Å². The van der Waals surface area contributed by atoms with Gasteiger partial charge in [-0.1, -0.05) is 56.3 Å². The van der Waals surface area contributed by atoms with E-state index in [2.05, 4.69) is 31.3 Å². The highest BCUT2D eigenvalue weighted by atomic mass is 16.1. The maximum Gasteiger partial charge on any atom is 0.238 e. The van der Waals surface area contributed by atoms with Gasteiger partial charge in [0, 0.05) is 11.1 Å². The van der Waals surface area contributed by atoms with Crippen LogP contribution in [0, 0.1) is 11.3 Å². The zero-order valence-electron chi connectivity index (χ0n) is 12.3. The molecule has 2 aromatic rings. The molecule has 21 heavy (non-hydrogen) atoms. The van der Waals surface area contributed by atoms with Gasteiger partial charge in [0.1, 0.15) is 6.42 Å². The molecule has 0 aliphatic heterocycles. The minimum Gasteiger partial charge on any atom is -0.325 e. The van der Waals surface area contributed by atoms with Crippen molar-refractivity contribution < 1.29 is 4.79 Å². The molecule has 0 fully saturated rings. The van der Waals surface area contributed by atoms with E-state index < -0.39 is 0 Å². The average Bonchev–Trinajstić information content (AvgIpc) is 2.49. The molecule has 2 rings (SSSR count). The zero-order chi connectivity index (χ0) is 15.3. The standard InChI is InChI=1S/C18H18N2O/c1-18(2,14-6-4-3-5-7-14)15-8-10-16(11-9-15)20-17(21)12-13-19/h3-11H,12H2,1-2H3,(H,20,21). The van der Waals surface area contributed by atoms with Crippen molar-refractivity contribution in [2.24, 2.45) is 0 Å². The third kappa shape index (κ3) is 3.49. The fourth-order valence-corrected chi connectivity index (χ4v) is 2.27. The molecule has 0 aliphatic carbocycles. The van der Waals surface area contributed by atoms with E-state index in [9.17, 15) is 4.79 Å². The van der Waals surface area contributed by atoms with Crippen molar-refractivity contribution >= 4 is 11.6 Å². The van der Waals surface area contributed by atoms with E-state index in [4.69, 9.17) is 5.26 Å². The van der Waals surface area contributed by atoms with Crippen LogP contribution in [0.4, 0.5) is 5.69 Å². The summed E-state index contributed by atoms with van der Waals surface area (Å²) in [4.78, 5) is 11.4. The Morgan fingerprint density at radius 2 is 1.62 bits per heavy atom. The summed E-state index contributed by atoms with van der Waals surface area (Å²) in [7, 11) is 0. The molecule has 1 amide bonds. The van der Waals surface area contributed by atoms with Gasteiger partial charge in [0.25, 0.3) is 0 Å². The Labute approximate surface area is 125 Å². The smallest absolute Gasteiger partial charge is 0.238 e. The highest BCUT2D eigenvalue weighted by molar-refractivity contribution is 5.92. The van der Waals surface area contributed by atoms with Gasteiger partial charge >= 0.3 is 0 Å². The van der Waals surface area contributed by atoms with Crippen LogP contribution in [0.25, 0.3) is 0 Å². The van der Waals surface area contributed by atoms with Crippen molar-refractivity contribution in [2.45, 2.75) is 25.7 Å². The molecule has 0 bridgehead atoms. The van der Waals surface area contributed by atoms with Crippen molar-refractivity contribution in [1.29, 1.82) is 5.26 Å². The van der Waals surface area contributed by atoms with E-state index in [1.54, 1.807) is 0 Å². The van der Waals surface area contributed by atoms with E-state index in [-0.39, 0.29) is 17.7 Å². The van der Waals surface area contributed by atoms with E-state index in [1.807, 2.05) is 48.5 Å². The van der Waals surface area contributed by atoms with Crippen LogP contribution < -0.4 is 5.32 Å². The monoisotopic (exact) mass is 278 g/mol. The Bertz CT molecular complexity index is 652. The van der Waals surface area contributed by atoms with Crippen LogP contribution in [0.1, 0.15) is 31.4 Å². The number of nitrogens with zero attached hydrogens (tertiary/aromatic N) is 1. The van der Waals surface area contributed by atoms with Crippen LogP contribution in [0.2, 0.25) is 0 Å². The Kier molecular flexibility index (Phi) is 4.39. The minimum absolute atomic E-state index is 0.101. The summed E-state index contributed by atoms with van der Waals surface area (Å²) in [6.07, 6.45) is -0.128. The summed E-state index contributed by atoms with van der Waals surface area (Å²) >= 11 is 0. The minimum atomic E-state index is -0.285. The highest BCUT2D eigenvalue weighted by Crippen LogP contribution is 2.31. The van der Waals surface area contributed by atoms with Gasteiger partial charge in [-0.15, -0.1) is 0 Å². The molecule has 2 aromatic carbocycles. The molecule has 3 heteroatoms. The Balaban J connectivity index is 2.19. The lowest BCUT2D eigenvalue weighted by Crippen LogP contribution is -2.18. The van der Waals surface area contributed by atoms with Crippen LogP contribution in [0.3, 0.4) is 0 Å². The lowest BCUT2D eigenvalue weighted by Gasteiger charge is -2.26. The van der Waals surface area contributed by atoms with Gasteiger partial charge in [-0.25, -0.2) is 0 Å². The van der Waals surface area contributed by atoms with Crippen LogP contribution in [-0.2, 0) is 10.2 Å². The van der Waals surface area contributed by atoms with Gasteiger partial charge in [0.05, 0.1) is 6.07 Å². The number of carbonyl (C=O) groups excluding carboxylic acids is 1. The molecular weight excluding hydrogens is 260 g/mol. The molecule has 0 aliphatic rings. The van der Waals surface area contributed by atoms with Crippen LogP contribution >= 0.6 is 0 Å². The molecule has 3 nitrogen and oxygen atoms in total. The van der Waals surface area contributed by atoms with Gasteiger partial charge < -0.3 is 5.32 Å². The predicted octanol–water partition coefficient (Wildman–Crippen LogP) is 3.86. The summed E-state index contributed by atoms with van der Waals surface area (Å²) in [5.74, 6) is -0.285. The van der Waals surface area contributed by atoms with E-state index in [1.165, 1.54) is 11.1 Å². The zero-order valence-corrected chi connectivity index (χ0v) is 12.3. The molecule has 1 N–H and O–H groups in total. The Hall–Kier alpha value is -2.60. The fraction of sp³-hybridized carbons (Fsp3) is 0.222. The maximum atomic E-state index is 11.4.